The Hall–Kier alpha value is -1.09. The summed E-state index contributed by atoms with van der Waals surface area (Å²) in [4.78, 5) is 0. The number of benzene rings is 1. The van der Waals surface area contributed by atoms with E-state index in [1.165, 1.54) is 7.11 Å². The van der Waals surface area contributed by atoms with E-state index in [0.717, 1.165) is 0 Å². The third kappa shape index (κ3) is 1.98. The minimum absolute atomic E-state index is 0.204. The summed E-state index contributed by atoms with van der Waals surface area (Å²) in [6.07, 6.45) is 0.511. The first-order chi connectivity index (χ1) is 6.20. The van der Waals surface area contributed by atoms with Crippen LogP contribution in [0.5, 0.6) is 5.75 Å². The highest BCUT2D eigenvalue weighted by atomic mass is 19.1. The highest BCUT2D eigenvalue weighted by Crippen LogP contribution is 2.23. The molecule has 2 nitrogen and oxygen atoms in total. The largest absolute Gasteiger partial charge is 0.496 e. The zero-order valence-electron chi connectivity index (χ0n) is 7.93. The number of aryl methyl sites for hydroxylation is 1. The van der Waals surface area contributed by atoms with Crippen LogP contribution in [0, 0.1) is 12.7 Å². The highest BCUT2D eigenvalue weighted by Gasteiger charge is 2.10. The van der Waals surface area contributed by atoms with Gasteiger partial charge in [0, 0.05) is 5.56 Å². The Morgan fingerprint density at radius 1 is 1.46 bits per heavy atom. The first-order valence-electron chi connectivity index (χ1n) is 4.22. The van der Waals surface area contributed by atoms with Crippen molar-refractivity contribution in [1.29, 1.82) is 0 Å². The monoisotopic (exact) mass is 183 g/mol. The number of ether oxygens (including phenoxy) is 1. The first kappa shape index (κ1) is 9.99. The average Bonchev–Trinajstić information content (AvgIpc) is 2.14. The Balaban J connectivity index is 3.15. The second kappa shape index (κ2) is 4.23. The smallest absolute Gasteiger partial charge is 0.133 e. The molecular formula is C10H14FNO. The van der Waals surface area contributed by atoms with Crippen molar-refractivity contribution in [3.05, 3.63) is 29.1 Å². The second-order valence-corrected chi connectivity index (χ2v) is 2.92. The van der Waals surface area contributed by atoms with E-state index in [1.54, 1.807) is 19.1 Å². The summed E-state index contributed by atoms with van der Waals surface area (Å²) in [5.74, 6) is 0.373. The van der Waals surface area contributed by atoms with E-state index in [-0.39, 0.29) is 5.82 Å². The van der Waals surface area contributed by atoms with Crippen molar-refractivity contribution < 1.29 is 9.13 Å². The molecule has 0 aliphatic rings. The quantitative estimate of drug-likeness (QED) is 0.773. The van der Waals surface area contributed by atoms with E-state index in [0.29, 0.717) is 29.8 Å². The highest BCUT2D eigenvalue weighted by molar-refractivity contribution is 5.38. The van der Waals surface area contributed by atoms with Crippen LogP contribution in [-0.4, -0.2) is 13.7 Å². The van der Waals surface area contributed by atoms with E-state index in [9.17, 15) is 4.39 Å². The molecule has 0 spiro atoms. The van der Waals surface area contributed by atoms with Crippen LogP contribution in [0.4, 0.5) is 4.39 Å². The molecule has 0 fully saturated rings. The predicted octanol–water partition coefficient (Wildman–Crippen LogP) is 1.64. The van der Waals surface area contributed by atoms with Gasteiger partial charge in [-0.05, 0) is 31.5 Å². The molecule has 0 amide bonds. The molecule has 0 radical (unpaired) electrons. The van der Waals surface area contributed by atoms with Crippen molar-refractivity contribution >= 4 is 0 Å². The predicted molar refractivity (Wildman–Crippen MR) is 50.4 cm³/mol. The van der Waals surface area contributed by atoms with Gasteiger partial charge in [0.05, 0.1) is 7.11 Å². The van der Waals surface area contributed by atoms with E-state index < -0.39 is 0 Å². The fraction of sp³-hybridized carbons (Fsp3) is 0.400. The molecule has 2 N–H and O–H groups in total. The van der Waals surface area contributed by atoms with Crippen LogP contribution in [0.25, 0.3) is 0 Å². The topological polar surface area (TPSA) is 35.2 Å². The maximum atomic E-state index is 13.5. The Kier molecular flexibility index (Phi) is 3.25. The van der Waals surface area contributed by atoms with Crippen LogP contribution >= 0.6 is 0 Å². The molecule has 0 saturated carbocycles. The lowest BCUT2D eigenvalue weighted by atomic mass is 10.1. The number of nitrogens with two attached hydrogens (primary N) is 1. The number of halogens is 1. The SMILES string of the molecule is COc1ccc(C)c(F)c1CCN. The Bertz CT molecular complexity index is 299. The molecule has 13 heavy (non-hydrogen) atoms. The summed E-state index contributed by atoms with van der Waals surface area (Å²) < 4.78 is 18.5. The van der Waals surface area contributed by atoms with Crippen LogP contribution in [-0.2, 0) is 6.42 Å². The molecule has 0 atom stereocenters. The molecule has 3 heteroatoms. The van der Waals surface area contributed by atoms with Crippen molar-refractivity contribution in [1.82, 2.24) is 0 Å². The third-order valence-corrected chi connectivity index (χ3v) is 2.01. The van der Waals surface area contributed by atoms with E-state index in [4.69, 9.17) is 10.5 Å². The minimum atomic E-state index is -0.204. The number of methoxy groups -OCH3 is 1. The standard InChI is InChI=1S/C10H14FNO/c1-7-3-4-9(13-2)8(5-6-12)10(7)11/h3-4H,5-6,12H2,1-2H3. The summed E-state index contributed by atoms with van der Waals surface area (Å²) in [6.45, 7) is 2.16. The molecule has 0 saturated heterocycles. The van der Waals surface area contributed by atoms with Gasteiger partial charge < -0.3 is 10.5 Å². The number of rotatable bonds is 3. The Morgan fingerprint density at radius 2 is 2.15 bits per heavy atom. The summed E-state index contributed by atoms with van der Waals surface area (Å²) in [5.41, 5.74) is 6.58. The summed E-state index contributed by atoms with van der Waals surface area (Å²) in [5, 5.41) is 0. The summed E-state index contributed by atoms with van der Waals surface area (Å²) in [7, 11) is 1.53. The van der Waals surface area contributed by atoms with Crippen LogP contribution in [0.3, 0.4) is 0 Å². The van der Waals surface area contributed by atoms with Gasteiger partial charge in [0.25, 0.3) is 0 Å². The van der Waals surface area contributed by atoms with Crippen molar-refractivity contribution in [2.75, 3.05) is 13.7 Å². The van der Waals surface area contributed by atoms with Crippen molar-refractivity contribution in [3.63, 3.8) is 0 Å². The maximum absolute atomic E-state index is 13.5. The third-order valence-electron chi connectivity index (χ3n) is 2.01. The summed E-state index contributed by atoms with van der Waals surface area (Å²) >= 11 is 0. The average molecular weight is 183 g/mol. The number of hydrogen-bond donors (Lipinski definition) is 1. The molecule has 72 valence electrons. The van der Waals surface area contributed by atoms with Gasteiger partial charge in [0.2, 0.25) is 0 Å². The van der Waals surface area contributed by atoms with Gasteiger partial charge in [-0.15, -0.1) is 0 Å². The Labute approximate surface area is 77.5 Å². The minimum Gasteiger partial charge on any atom is -0.496 e. The molecule has 1 aromatic rings. The van der Waals surface area contributed by atoms with E-state index in [1.807, 2.05) is 0 Å². The van der Waals surface area contributed by atoms with Crippen LogP contribution in [0.15, 0.2) is 12.1 Å². The van der Waals surface area contributed by atoms with Gasteiger partial charge in [-0.25, -0.2) is 4.39 Å². The van der Waals surface area contributed by atoms with Gasteiger partial charge in [-0.1, -0.05) is 6.07 Å². The molecule has 0 bridgehead atoms. The van der Waals surface area contributed by atoms with Crippen LogP contribution in [0.2, 0.25) is 0 Å². The van der Waals surface area contributed by atoms with Gasteiger partial charge >= 0.3 is 0 Å². The normalized spacial score (nSPS) is 10.2. The first-order valence-corrected chi connectivity index (χ1v) is 4.22. The van der Waals surface area contributed by atoms with E-state index in [2.05, 4.69) is 0 Å². The molecule has 0 unspecified atom stereocenters. The van der Waals surface area contributed by atoms with E-state index >= 15 is 0 Å². The lowest BCUT2D eigenvalue weighted by molar-refractivity contribution is 0.404. The number of hydrogen-bond acceptors (Lipinski definition) is 2. The second-order valence-electron chi connectivity index (χ2n) is 2.92. The molecular weight excluding hydrogens is 169 g/mol. The van der Waals surface area contributed by atoms with Crippen molar-refractivity contribution in [2.24, 2.45) is 5.73 Å². The fourth-order valence-corrected chi connectivity index (χ4v) is 1.29. The summed E-state index contributed by atoms with van der Waals surface area (Å²) in [6, 6.07) is 3.47. The lowest BCUT2D eigenvalue weighted by Crippen LogP contribution is -2.07. The molecule has 1 aromatic carbocycles. The van der Waals surface area contributed by atoms with Gasteiger partial charge in [-0.2, -0.15) is 0 Å². The van der Waals surface area contributed by atoms with Gasteiger partial charge in [0.1, 0.15) is 11.6 Å². The molecule has 1 rings (SSSR count). The lowest BCUT2D eigenvalue weighted by Gasteiger charge is -2.09. The molecule has 0 aliphatic heterocycles. The zero-order valence-corrected chi connectivity index (χ0v) is 7.93. The molecule has 0 heterocycles. The van der Waals surface area contributed by atoms with Crippen molar-refractivity contribution in [2.45, 2.75) is 13.3 Å². The Morgan fingerprint density at radius 3 is 2.69 bits per heavy atom. The van der Waals surface area contributed by atoms with Crippen LogP contribution in [0.1, 0.15) is 11.1 Å². The molecule has 0 aromatic heterocycles. The molecule has 0 aliphatic carbocycles. The van der Waals surface area contributed by atoms with Crippen LogP contribution < -0.4 is 10.5 Å². The van der Waals surface area contributed by atoms with Gasteiger partial charge in [-0.3, -0.25) is 0 Å². The fourth-order valence-electron chi connectivity index (χ4n) is 1.29. The zero-order chi connectivity index (χ0) is 9.84. The van der Waals surface area contributed by atoms with Gasteiger partial charge in [0.15, 0.2) is 0 Å². The van der Waals surface area contributed by atoms with Crippen molar-refractivity contribution in [3.8, 4) is 5.75 Å². The maximum Gasteiger partial charge on any atom is 0.133 e.